The van der Waals surface area contributed by atoms with Crippen LogP contribution in [0.5, 0.6) is 0 Å². The summed E-state index contributed by atoms with van der Waals surface area (Å²) in [6.45, 7) is 4.09. The second-order valence-electron chi connectivity index (χ2n) is 9.52. The van der Waals surface area contributed by atoms with E-state index in [1.165, 1.54) is 34.8 Å². The number of ether oxygens (including phenoxy) is 1. The lowest BCUT2D eigenvalue weighted by atomic mass is 9.89. The largest absolute Gasteiger partial charge is 0.464 e. The zero-order valence-corrected chi connectivity index (χ0v) is 21.4. The second-order valence-corrected chi connectivity index (χ2v) is 10.4. The lowest BCUT2D eigenvalue weighted by Crippen LogP contribution is -2.43. The van der Waals surface area contributed by atoms with Gasteiger partial charge in [-0.15, -0.1) is 0 Å². The first-order chi connectivity index (χ1) is 16.9. The van der Waals surface area contributed by atoms with Crippen molar-refractivity contribution >= 4 is 55.3 Å². The van der Waals surface area contributed by atoms with E-state index in [2.05, 4.69) is 60.8 Å². The van der Waals surface area contributed by atoms with Gasteiger partial charge in [-0.05, 0) is 62.1 Å². The second kappa shape index (κ2) is 8.53. The summed E-state index contributed by atoms with van der Waals surface area (Å²) in [5.41, 5.74) is 6.89. The molecular formula is C27H27BrN4O3. The van der Waals surface area contributed by atoms with Crippen molar-refractivity contribution in [3.05, 3.63) is 63.4 Å². The number of nitrogens with one attached hydrogen (secondary N) is 2. The number of amides is 1. The maximum atomic E-state index is 13.3. The molecule has 1 aliphatic carbocycles. The summed E-state index contributed by atoms with van der Waals surface area (Å²) in [6.07, 6.45) is 3.25. The van der Waals surface area contributed by atoms with Crippen LogP contribution in [0.25, 0.3) is 21.8 Å². The van der Waals surface area contributed by atoms with Gasteiger partial charge in [-0.25, -0.2) is 4.79 Å². The molecule has 0 spiro atoms. The molecule has 2 aliphatic rings. The van der Waals surface area contributed by atoms with E-state index in [0.29, 0.717) is 5.69 Å². The van der Waals surface area contributed by atoms with E-state index >= 15 is 0 Å². The van der Waals surface area contributed by atoms with Crippen LogP contribution in [-0.2, 0) is 22.5 Å². The highest BCUT2D eigenvalue weighted by Gasteiger charge is 2.35. The van der Waals surface area contributed by atoms with Crippen LogP contribution in [0.4, 0.5) is 5.69 Å². The number of aryl methyl sites for hydroxylation is 2. The van der Waals surface area contributed by atoms with Gasteiger partial charge in [0.15, 0.2) is 0 Å². The molecule has 0 bridgehead atoms. The molecule has 2 aromatic carbocycles. The van der Waals surface area contributed by atoms with Crippen molar-refractivity contribution in [2.24, 2.45) is 0 Å². The molecule has 0 saturated heterocycles. The van der Waals surface area contributed by atoms with E-state index < -0.39 is 5.97 Å². The highest BCUT2D eigenvalue weighted by molar-refractivity contribution is 9.10. The minimum Gasteiger partial charge on any atom is -0.464 e. The van der Waals surface area contributed by atoms with Crippen molar-refractivity contribution in [2.45, 2.75) is 38.8 Å². The van der Waals surface area contributed by atoms with Crippen LogP contribution in [0.2, 0.25) is 0 Å². The molecule has 3 heterocycles. The summed E-state index contributed by atoms with van der Waals surface area (Å²) in [4.78, 5) is 31.1. The number of hydrogen-bond donors (Lipinski definition) is 2. The number of nitrogens with zero attached hydrogens (tertiary/aromatic N) is 2. The van der Waals surface area contributed by atoms with Gasteiger partial charge in [0.25, 0.3) is 0 Å². The molecule has 8 heteroatoms. The molecule has 0 radical (unpaired) electrons. The van der Waals surface area contributed by atoms with Crippen LogP contribution < -0.4 is 5.32 Å². The Kier molecular flexibility index (Phi) is 5.45. The first-order valence-corrected chi connectivity index (χ1v) is 12.8. The van der Waals surface area contributed by atoms with Gasteiger partial charge in [0, 0.05) is 45.1 Å². The topological polar surface area (TPSA) is 79.4 Å². The predicted molar refractivity (Wildman–Crippen MR) is 140 cm³/mol. The number of H-pyrrole nitrogens is 1. The van der Waals surface area contributed by atoms with Crippen LogP contribution in [0, 0.1) is 6.92 Å². The number of fused-ring (bicyclic) bond motifs is 4. The maximum absolute atomic E-state index is 13.3. The third-order valence-electron chi connectivity index (χ3n) is 7.40. The van der Waals surface area contributed by atoms with Crippen molar-refractivity contribution in [1.82, 2.24) is 14.5 Å². The van der Waals surface area contributed by atoms with Crippen molar-refractivity contribution in [3.63, 3.8) is 0 Å². The number of carbonyl (C=O) groups is 2. The number of esters is 1. The fourth-order valence-electron chi connectivity index (χ4n) is 5.89. The maximum Gasteiger partial charge on any atom is 0.356 e. The highest BCUT2D eigenvalue weighted by atomic mass is 79.9. The average molecular weight is 535 g/mol. The Morgan fingerprint density at radius 3 is 2.86 bits per heavy atom. The molecule has 1 unspecified atom stereocenters. The van der Waals surface area contributed by atoms with Crippen LogP contribution in [0.3, 0.4) is 0 Å². The molecule has 35 heavy (non-hydrogen) atoms. The normalized spacial score (nSPS) is 17.5. The molecule has 1 aliphatic heterocycles. The monoisotopic (exact) mass is 534 g/mol. The smallest absolute Gasteiger partial charge is 0.356 e. The van der Waals surface area contributed by atoms with Gasteiger partial charge in [-0.2, -0.15) is 0 Å². The van der Waals surface area contributed by atoms with Crippen LogP contribution in [0.1, 0.15) is 46.2 Å². The molecule has 2 aromatic heterocycles. The summed E-state index contributed by atoms with van der Waals surface area (Å²) in [7, 11) is 1.34. The number of halogens is 1. The Labute approximate surface area is 211 Å². The molecule has 180 valence electrons. The van der Waals surface area contributed by atoms with Crippen LogP contribution in [-0.4, -0.2) is 46.5 Å². The molecule has 4 aromatic rings. The molecule has 6 rings (SSSR count). The number of hydrogen-bond acceptors (Lipinski definition) is 4. The van der Waals surface area contributed by atoms with E-state index in [1.807, 2.05) is 18.2 Å². The minimum atomic E-state index is -0.512. The van der Waals surface area contributed by atoms with Gasteiger partial charge in [-0.1, -0.05) is 27.6 Å². The molecule has 1 amide bonds. The quantitative estimate of drug-likeness (QED) is 0.347. The number of methoxy groups -OCH3 is 1. The van der Waals surface area contributed by atoms with Gasteiger partial charge in [0.05, 0.1) is 25.4 Å². The first-order valence-electron chi connectivity index (χ1n) is 12.0. The summed E-state index contributed by atoms with van der Waals surface area (Å²) in [5, 5.41) is 5.15. The Balaban J connectivity index is 1.30. The zero-order chi connectivity index (χ0) is 24.3. The van der Waals surface area contributed by atoms with E-state index in [4.69, 9.17) is 4.74 Å². The third kappa shape index (κ3) is 3.67. The Bertz CT molecular complexity index is 1500. The van der Waals surface area contributed by atoms with Crippen molar-refractivity contribution in [1.29, 1.82) is 0 Å². The van der Waals surface area contributed by atoms with Gasteiger partial charge in [0.1, 0.15) is 5.69 Å². The number of aromatic amines is 1. The molecule has 7 nitrogen and oxygen atoms in total. The van der Waals surface area contributed by atoms with E-state index in [1.54, 1.807) is 0 Å². The number of benzene rings is 2. The highest BCUT2D eigenvalue weighted by Crippen LogP contribution is 2.42. The fraction of sp³-hybridized carbons (Fsp3) is 0.333. The Morgan fingerprint density at radius 1 is 1.17 bits per heavy atom. The first kappa shape index (κ1) is 22.4. The van der Waals surface area contributed by atoms with E-state index in [0.717, 1.165) is 47.7 Å². The van der Waals surface area contributed by atoms with Crippen LogP contribution in [0.15, 0.2) is 40.9 Å². The van der Waals surface area contributed by atoms with Crippen LogP contribution >= 0.6 is 15.9 Å². The Morgan fingerprint density at radius 2 is 2.03 bits per heavy atom. The summed E-state index contributed by atoms with van der Waals surface area (Å²) < 4.78 is 8.29. The average Bonchev–Trinajstić information content (AvgIpc) is 3.36. The zero-order valence-electron chi connectivity index (χ0n) is 19.8. The SMILES string of the molecule is COC(=O)c1[nH]c2ccc(Br)cc2c1NC(=O)CN1CCn2c3c(c4cc(C)ccc42)CCCC31. The van der Waals surface area contributed by atoms with Gasteiger partial charge in [0.2, 0.25) is 5.91 Å². The van der Waals surface area contributed by atoms with Gasteiger partial charge in [-0.3, -0.25) is 9.69 Å². The number of anilines is 1. The lowest BCUT2D eigenvalue weighted by molar-refractivity contribution is -0.118. The molecule has 2 N–H and O–H groups in total. The third-order valence-corrected chi connectivity index (χ3v) is 7.89. The van der Waals surface area contributed by atoms with Gasteiger partial charge < -0.3 is 19.6 Å². The van der Waals surface area contributed by atoms with Crippen molar-refractivity contribution in [3.8, 4) is 0 Å². The molecular weight excluding hydrogens is 508 g/mol. The number of aromatic nitrogens is 2. The minimum absolute atomic E-state index is 0.136. The van der Waals surface area contributed by atoms with E-state index in [9.17, 15) is 9.59 Å². The molecule has 0 fully saturated rings. The predicted octanol–water partition coefficient (Wildman–Crippen LogP) is 5.31. The van der Waals surface area contributed by atoms with Gasteiger partial charge >= 0.3 is 5.97 Å². The van der Waals surface area contributed by atoms with E-state index in [-0.39, 0.29) is 24.2 Å². The summed E-state index contributed by atoms with van der Waals surface area (Å²) in [6, 6.07) is 12.6. The van der Waals surface area contributed by atoms with Crippen molar-refractivity contribution in [2.75, 3.05) is 25.5 Å². The number of rotatable bonds is 4. The fourth-order valence-corrected chi connectivity index (χ4v) is 6.25. The summed E-state index contributed by atoms with van der Waals surface area (Å²) in [5.74, 6) is -0.647. The standard InChI is InChI=1S/C27H27BrN4O3/c1-15-6-9-21-18(12-15)17-4-3-5-22-26(17)32(21)11-10-31(22)14-23(33)30-24-19-13-16(28)7-8-20(19)29-25(24)27(34)35-2/h6-9,12-13,22,29H,3-5,10-11,14H2,1-2H3,(H,30,33). The lowest BCUT2D eigenvalue weighted by Gasteiger charge is -2.39. The molecule has 1 atom stereocenters. The van der Waals surface area contributed by atoms with Crippen molar-refractivity contribution < 1.29 is 14.3 Å². The number of carbonyl (C=O) groups excluding carboxylic acids is 2. The summed E-state index contributed by atoms with van der Waals surface area (Å²) >= 11 is 3.49. The molecule has 0 saturated carbocycles. The Hall–Kier alpha value is -3.10.